The van der Waals surface area contributed by atoms with Crippen molar-refractivity contribution in [2.75, 3.05) is 26.4 Å². The molecule has 0 N–H and O–H groups in total. The number of fused-ring (bicyclic) bond motifs is 1. The predicted molar refractivity (Wildman–Crippen MR) is 75.3 cm³/mol. The van der Waals surface area contributed by atoms with Gasteiger partial charge in [0.2, 0.25) is 11.5 Å². The fourth-order valence-electron chi connectivity index (χ4n) is 2.02. The van der Waals surface area contributed by atoms with Crippen LogP contribution < -0.4 is 0 Å². The largest absolute Gasteiger partial charge is 0.485 e. The van der Waals surface area contributed by atoms with E-state index in [2.05, 4.69) is 0 Å². The van der Waals surface area contributed by atoms with Crippen molar-refractivity contribution >= 4 is 41.2 Å². The summed E-state index contributed by atoms with van der Waals surface area (Å²) in [5.74, 6) is 2.99. The van der Waals surface area contributed by atoms with Crippen LogP contribution in [0, 0.1) is 0 Å². The molecular formula is C10H8O4S4. The molecule has 0 atom stereocenters. The fraction of sp³-hybridized carbons (Fsp3) is 0.400. The maximum absolute atomic E-state index is 5.77. The average Bonchev–Trinajstić information content (AvgIpc) is 3.03. The first kappa shape index (κ1) is 11.6. The lowest BCUT2D eigenvalue weighted by molar-refractivity contribution is 0.0399. The highest BCUT2D eigenvalue weighted by Crippen LogP contribution is 2.64. The molecule has 0 aromatic rings. The van der Waals surface area contributed by atoms with Crippen LogP contribution in [0.3, 0.4) is 0 Å². The van der Waals surface area contributed by atoms with Crippen molar-refractivity contribution < 1.29 is 18.9 Å². The summed E-state index contributed by atoms with van der Waals surface area (Å²) in [5, 5.41) is 0. The van der Waals surface area contributed by atoms with Crippen molar-refractivity contribution in [2.24, 2.45) is 0 Å². The summed E-state index contributed by atoms with van der Waals surface area (Å²) in [4.78, 5) is 0. The van der Waals surface area contributed by atoms with E-state index in [0.717, 1.165) is 17.1 Å². The Morgan fingerprint density at radius 3 is 1.56 bits per heavy atom. The topological polar surface area (TPSA) is 36.9 Å². The van der Waals surface area contributed by atoms with Crippen LogP contribution in [0.5, 0.6) is 0 Å². The zero-order chi connectivity index (χ0) is 11.9. The van der Waals surface area contributed by atoms with Gasteiger partial charge in [0.05, 0.1) is 9.81 Å². The van der Waals surface area contributed by atoms with E-state index in [0.29, 0.717) is 37.9 Å². The monoisotopic (exact) mass is 320 g/mol. The Morgan fingerprint density at radius 1 is 0.611 bits per heavy atom. The lowest BCUT2D eigenvalue weighted by Gasteiger charge is -2.19. The minimum absolute atomic E-state index is 0.561. The van der Waals surface area contributed by atoms with Gasteiger partial charge in [-0.2, -0.15) is 0 Å². The summed E-state index contributed by atoms with van der Waals surface area (Å²) < 4.78 is 24.1. The van der Waals surface area contributed by atoms with Crippen molar-refractivity contribution in [1.82, 2.24) is 0 Å². The Labute approximate surface area is 119 Å². The van der Waals surface area contributed by atoms with E-state index < -0.39 is 0 Å². The van der Waals surface area contributed by atoms with Crippen molar-refractivity contribution in [1.29, 1.82) is 0 Å². The molecule has 96 valence electrons. The van der Waals surface area contributed by atoms with Crippen LogP contribution >= 0.6 is 41.2 Å². The molecule has 0 spiro atoms. The van der Waals surface area contributed by atoms with Crippen molar-refractivity contribution in [3.63, 3.8) is 0 Å². The van der Waals surface area contributed by atoms with Crippen LogP contribution in [-0.2, 0) is 18.9 Å². The highest BCUT2D eigenvalue weighted by molar-refractivity contribution is 9.32. The van der Waals surface area contributed by atoms with E-state index in [1.165, 1.54) is 4.24 Å². The second-order valence-corrected chi connectivity index (χ2v) is 9.62. The Bertz CT molecular complexity index is 454. The molecule has 1 aliphatic carbocycles. The Morgan fingerprint density at radius 2 is 1.06 bits per heavy atom. The maximum atomic E-state index is 5.77. The summed E-state index contributed by atoms with van der Waals surface area (Å²) >= 11 is 0. The third-order valence-electron chi connectivity index (χ3n) is 2.68. The minimum Gasteiger partial charge on any atom is -0.485 e. The van der Waals surface area contributed by atoms with E-state index in [1.54, 1.807) is 41.2 Å². The van der Waals surface area contributed by atoms with Crippen LogP contribution in [0.25, 0.3) is 0 Å². The highest BCUT2D eigenvalue weighted by atomic mass is 33.7. The normalized spacial score (nSPS) is 26.2. The summed E-state index contributed by atoms with van der Waals surface area (Å²) in [6.45, 7) is 2.27. The lowest BCUT2D eigenvalue weighted by Crippen LogP contribution is -2.15. The van der Waals surface area contributed by atoms with Crippen LogP contribution in [-0.4, -0.2) is 26.4 Å². The SMILES string of the molecule is C1COC2=C(O1)C1=C(OCCO1)C2=C1SSSS1. The summed E-state index contributed by atoms with van der Waals surface area (Å²) in [5.41, 5.74) is 1.01. The molecule has 0 saturated carbocycles. The molecule has 3 aliphatic heterocycles. The van der Waals surface area contributed by atoms with E-state index in [-0.39, 0.29) is 0 Å². The molecule has 0 aromatic heterocycles. The summed E-state index contributed by atoms with van der Waals surface area (Å²) in [6, 6.07) is 0. The number of hydrogen-bond donors (Lipinski definition) is 0. The third-order valence-corrected chi connectivity index (χ3v) is 9.51. The standard InChI is InChI=1S/C10H8O4S4/c1-3-13-8-6(11-1)5(10-15-17-18-16-10)7-9(8)14-4-2-12-7/h1-4H2. The highest BCUT2D eigenvalue weighted by Gasteiger charge is 2.42. The van der Waals surface area contributed by atoms with Gasteiger partial charge in [0, 0.05) is 0 Å². The van der Waals surface area contributed by atoms with Gasteiger partial charge >= 0.3 is 0 Å². The second-order valence-electron chi connectivity index (χ2n) is 3.68. The second kappa shape index (κ2) is 4.73. The number of rotatable bonds is 0. The fourth-order valence-corrected chi connectivity index (χ4v) is 9.50. The van der Waals surface area contributed by atoms with Gasteiger partial charge in [-0.1, -0.05) is 0 Å². The van der Waals surface area contributed by atoms with Gasteiger partial charge in [0.25, 0.3) is 0 Å². The molecule has 18 heavy (non-hydrogen) atoms. The Balaban J connectivity index is 1.87. The molecule has 3 heterocycles. The molecule has 1 saturated heterocycles. The van der Waals surface area contributed by atoms with Gasteiger partial charge in [-0.3, -0.25) is 0 Å². The molecular weight excluding hydrogens is 312 g/mol. The van der Waals surface area contributed by atoms with Crippen LogP contribution in [0.1, 0.15) is 0 Å². The van der Waals surface area contributed by atoms with Gasteiger partial charge in [0.1, 0.15) is 26.4 Å². The van der Waals surface area contributed by atoms with Crippen molar-refractivity contribution in [2.45, 2.75) is 0 Å². The predicted octanol–water partition coefficient (Wildman–Crippen LogP) is 3.42. The van der Waals surface area contributed by atoms with Crippen molar-refractivity contribution in [3.05, 3.63) is 32.8 Å². The third kappa shape index (κ3) is 1.73. The van der Waals surface area contributed by atoms with E-state index in [4.69, 9.17) is 18.9 Å². The quantitative estimate of drug-likeness (QED) is 0.629. The summed E-state index contributed by atoms with van der Waals surface area (Å²) in [7, 11) is 6.96. The molecule has 4 rings (SSSR count). The Hall–Kier alpha value is -0.180. The van der Waals surface area contributed by atoms with E-state index in [9.17, 15) is 0 Å². The van der Waals surface area contributed by atoms with Crippen molar-refractivity contribution in [3.8, 4) is 0 Å². The first-order valence-corrected chi connectivity index (χ1v) is 10.2. The molecule has 1 fully saturated rings. The average molecular weight is 320 g/mol. The molecule has 0 bridgehead atoms. The molecule has 0 amide bonds. The maximum Gasteiger partial charge on any atom is 0.208 e. The molecule has 8 heteroatoms. The van der Waals surface area contributed by atoms with E-state index in [1.807, 2.05) is 0 Å². The van der Waals surface area contributed by atoms with E-state index >= 15 is 0 Å². The molecule has 4 nitrogen and oxygen atoms in total. The smallest absolute Gasteiger partial charge is 0.208 e. The number of hydrogen-bond acceptors (Lipinski definition) is 8. The van der Waals surface area contributed by atoms with Gasteiger partial charge in [-0.05, 0) is 41.2 Å². The van der Waals surface area contributed by atoms with Crippen LogP contribution in [0.4, 0.5) is 0 Å². The van der Waals surface area contributed by atoms with Gasteiger partial charge in [-0.15, -0.1) is 0 Å². The molecule has 4 aliphatic rings. The molecule has 0 radical (unpaired) electrons. The minimum atomic E-state index is 0.561. The first-order valence-electron chi connectivity index (χ1n) is 5.38. The van der Waals surface area contributed by atoms with Crippen LogP contribution in [0.2, 0.25) is 0 Å². The summed E-state index contributed by atoms with van der Waals surface area (Å²) in [6.07, 6.45) is 0. The first-order chi connectivity index (χ1) is 8.95. The van der Waals surface area contributed by atoms with Crippen LogP contribution in [0.15, 0.2) is 32.8 Å². The molecule has 0 aromatic carbocycles. The Kier molecular flexibility index (Phi) is 3.06. The molecule has 0 unspecified atom stereocenters. The van der Waals surface area contributed by atoms with Gasteiger partial charge in [0.15, 0.2) is 11.5 Å². The zero-order valence-electron chi connectivity index (χ0n) is 9.09. The van der Waals surface area contributed by atoms with Gasteiger partial charge < -0.3 is 18.9 Å². The zero-order valence-corrected chi connectivity index (χ0v) is 12.4. The number of ether oxygens (including phenoxy) is 4. The van der Waals surface area contributed by atoms with Gasteiger partial charge in [-0.25, -0.2) is 0 Å². The lowest BCUT2D eigenvalue weighted by atomic mass is 10.2.